The van der Waals surface area contributed by atoms with Crippen LogP contribution in [0.5, 0.6) is 0 Å². The Balaban J connectivity index is 2.09. The highest BCUT2D eigenvalue weighted by Gasteiger charge is 2.16. The molecule has 0 aliphatic carbocycles. The molecule has 100 valence electrons. The summed E-state index contributed by atoms with van der Waals surface area (Å²) in [6, 6.07) is 2.97. The van der Waals surface area contributed by atoms with Gasteiger partial charge in [-0.3, -0.25) is 4.79 Å². The highest BCUT2D eigenvalue weighted by Crippen LogP contribution is 2.22. The summed E-state index contributed by atoms with van der Waals surface area (Å²) in [6.07, 6.45) is 0. The van der Waals surface area contributed by atoms with Gasteiger partial charge in [0.05, 0.1) is 10.6 Å². The third-order valence-corrected chi connectivity index (χ3v) is 3.26. The Morgan fingerprint density at radius 2 is 2.16 bits per heavy atom. The molecule has 6 nitrogen and oxygen atoms in total. The van der Waals surface area contributed by atoms with Crippen LogP contribution in [0.1, 0.15) is 46.4 Å². The lowest BCUT2D eigenvalue weighted by Gasteiger charge is -1.97. The predicted octanol–water partition coefficient (Wildman–Crippen LogP) is 2.81. The first-order chi connectivity index (χ1) is 8.97. The zero-order valence-electron chi connectivity index (χ0n) is 10.3. The first-order valence-electron chi connectivity index (χ1n) is 5.57. The number of carboxylic acids is 1. The Labute approximate surface area is 113 Å². The second-order valence-corrected chi connectivity index (χ2v) is 5.14. The molecule has 0 saturated heterocycles. The number of rotatable bonds is 4. The molecule has 0 aliphatic heterocycles. The number of amides is 1. The van der Waals surface area contributed by atoms with Crippen molar-refractivity contribution in [3.05, 3.63) is 34.5 Å². The molecule has 0 radical (unpaired) electrons. The number of nitrogens with one attached hydrogen (secondary N) is 1. The minimum absolute atomic E-state index is 0.142. The van der Waals surface area contributed by atoms with Crippen molar-refractivity contribution >= 4 is 28.2 Å². The molecule has 0 aromatic carbocycles. The maximum absolute atomic E-state index is 11.9. The smallest absolute Gasteiger partial charge is 0.336 e. The van der Waals surface area contributed by atoms with Gasteiger partial charge >= 0.3 is 5.97 Å². The fourth-order valence-corrected chi connectivity index (χ4v) is 2.13. The average Bonchev–Trinajstić information content (AvgIpc) is 2.96. The van der Waals surface area contributed by atoms with E-state index in [1.165, 1.54) is 11.4 Å². The molecule has 0 aliphatic rings. The van der Waals surface area contributed by atoms with Crippen molar-refractivity contribution in [3.8, 4) is 0 Å². The molecule has 7 heteroatoms. The molecule has 2 aromatic rings. The van der Waals surface area contributed by atoms with Crippen LogP contribution in [-0.4, -0.2) is 22.1 Å². The first kappa shape index (κ1) is 13.3. The second kappa shape index (κ2) is 5.23. The summed E-state index contributed by atoms with van der Waals surface area (Å²) in [5.74, 6) is -0.674. The van der Waals surface area contributed by atoms with Gasteiger partial charge < -0.3 is 14.9 Å². The van der Waals surface area contributed by atoms with Crippen molar-refractivity contribution in [2.45, 2.75) is 19.8 Å². The van der Waals surface area contributed by atoms with Crippen LogP contribution in [-0.2, 0) is 0 Å². The number of aromatic carboxylic acids is 1. The van der Waals surface area contributed by atoms with E-state index in [0.29, 0.717) is 10.8 Å². The van der Waals surface area contributed by atoms with Crippen LogP contribution in [0.4, 0.5) is 5.00 Å². The minimum Gasteiger partial charge on any atom is -0.478 e. The van der Waals surface area contributed by atoms with E-state index in [2.05, 4.69) is 10.5 Å². The normalized spacial score (nSPS) is 10.7. The lowest BCUT2D eigenvalue weighted by molar-refractivity contribution is 0.0697. The fraction of sp³-hybridized carbons (Fsp3) is 0.250. The van der Waals surface area contributed by atoms with Crippen molar-refractivity contribution in [1.29, 1.82) is 0 Å². The van der Waals surface area contributed by atoms with Gasteiger partial charge in [0.2, 0.25) is 0 Å². The first-order valence-corrected chi connectivity index (χ1v) is 6.45. The summed E-state index contributed by atoms with van der Waals surface area (Å²) in [7, 11) is 0. The van der Waals surface area contributed by atoms with Crippen LogP contribution in [0.3, 0.4) is 0 Å². The monoisotopic (exact) mass is 280 g/mol. The van der Waals surface area contributed by atoms with Crippen LogP contribution in [0.2, 0.25) is 0 Å². The third-order valence-electron chi connectivity index (χ3n) is 2.41. The molecule has 0 saturated carbocycles. The third kappa shape index (κ3) is 3.00. The molecule has 0 fully saturated rings. The van der Waals surface area contributed by atoms with E-state index in [0.717, 1.165) is 11.3 Å². The zero-order chi connectivity index (χ0) is 14.0. The minimum atomic E-state index is -1.03. The zero-order valence-corrected chi connectivity index (χ0v) is 11.2. The van der Waals surface area contributed by atoms with Gasteiger partial charge in [-0.25, -0.2) is 4.79 Å². The van der Waals surface area contributed by atoms with E-state index in [4.69, 9.17) is 9.63 Å². The van der Waals surface area contributed by atoms with Gasteiger partial charge in [-0.05, 0) is 6.07 Å². The molecule has 1 amide bonds. The largest absolute Gasteiger partial charge is 0.478 e. The van der Waals surface area contributed by atoms with Crippen molar-refractivity contribution in [2.24, 2.45) is 0 Å². The molecule has 0 atom stereocenters. The Morgan fingerprint density at radius 1 is 1.42 bits per heavy atom. The summed E-state index contributed by atoms with van der Waals surface area (Å²) in [5.41, 5.74) is 0.317. The maximum Gasteiger partial charge on any atom is 0.336 e. The van der Waals surface area contributed by atoms with E-state index < -0.39 is 11.9 Å². The number of carbonyl (C=O) groups excluding carboxylic acids is 1. The van der Waals surface area contributed by atoms with Crippen molar-refractivity contribution < 1.29 is 19.2 Å². The molecule has 2 heterocycles. The summed E-state index contributed by atoms with van der Waals surface area (Å²) < 4.78 is 5.03. The van der Waals surface area contributed by atoms with Crippen molar-refractivity contribution in [3.63, 3.8) is 0 Å². The molecule has 2 N–H and O–H groups in total. The van der Waals surface area contributed by atoms with Crippen LogP contribution in [0, 0.1) is 0 Å². The van der Waals surface area contributed by atoms with Crippen LogP contribution in [0.15, 0.2) is 22.0 Å². The van der Waals surface area contributed by atoms with Crippen LogP contribution >= 0.6 is 11.3 Å². The summed E-state index contributed by atoms with van der Waals surface area (Å²) in [5, 5.41) is 17.0. The molecule has 0 unspecified atom stereocenters. The number of hydrogen-bond acceptors (Lipinski definition) is 5. The number of carbonyl (C=O) groups is 2. The van der Waals surface area contributed by atoms with E-state index in [9.17, 15) is 9.59 Å². The Morgan fingerprint density at radius 3 is 2.68 bits per heavy atom. The standard InChI is InChI=1S/C12H12N2O4S/c1-6(2)9-4-8(14-18-9)11(15)13-10-3-7(5-19-10)12(16)17/h3-6H,1-2H3,(H,13,15)(H,16,17). The fourth-order valence-electron chi connectivity index (χ4n) is 1.36. The lowest BCUT2D eigenvalue weighted by Crippen LogP contribution is -2.11. The van der Waals surface area contributed by atoms with Gasteiger partial charge in [0.1, 0.15) is 5.76 Å². The van der Waals surface area contributed by atoms with E-state index in [1.807, 2.05) is 13.8 Å². The number of thiophene rings is 1. The summed E-state index contributed by atoms with van der Waals surface area (Å²) in [4.78, 5) is 22.6. The number of nitrogens with zero attached hydrogens (tertiary/aromatic N) is 1. The van der Waals surface area contributed by atoms with Crippen LogP contribution in [0.25, 0.3) is 0 Å². The molecule has 0 spiro atoms. The summed E-state index contributed by atoms with van der Waals surface area (Å²) in [6.45, 7) is 3.86. The van der Waals surface area contributed by atoms with Gasteiger partial charge in [-0.1, -0.05) is 19.0 Å². The number of aromatic nitrogens is 1. The van der Waals surface area contributed by atoms with Gasteiger partial charge in [-0.15, -0.1) is 11.3 Å². The van der Waals surface area contributed by atoms with Crippen LogP contribution < -0.4 is 5.32 Å². The molecule has 2 rings (SSSR count). The Kier molecular flexibility index (Phi) is 3.66. The van der Waals surface area contributed by atoms with Gasteiger partial charge in [0.15, 0.2) is 5.69 Å². The topological polar surface area (TPSA) is 92.4 Å². The molecule has 19 heavy (non-hydrogen) atoms. The van der Waals surface area contributed by atoms with Crippen molar-refractivity contribution in [1.82, 2.24) is 5.16 Å². The molecular weight excluding hydrogens is 268 g/mol. The van der Waals surface area contributed by atoms with Gasteiger partial charge in [0, 0.05) is 17.4 Å². The highest BCUT2D eigenvalue weighted by atomic mass is 32.1. The summed E-state index contributed by atoms with van der Waals surface area (Å²) >= 11 is 1.14. The lowest BCUT2D eigenvalue weighted by atomic mass is 10.1. The Hall–Kier alpha value is -2.15. The average molecular weight is 280 g/mol. The molecule has 0 bridgehead atoms. The van der Waals surface area contributed by atoms with E-state index >= 15 is 0 Å². The molecular formula is C12H12N2O4S. The van der Waals surface area contributed by atoms with Gasteiger partial charge in [0.25, 0.3) is 5.91 Å². The second-order valence-electron chi connectivity index (χ2n) is 4.23. The maximum atomic E-state index is 11.9. The SMILES string of the molecule is CC(C)c1cc(C(=O)Nc2cc(C(=O)O)cs2)no1. The van der Waals surface area contributed by atoms with Crippen molar-refractivity contribution in [2.75, 3.05) is 5.32 Å². The van der Waals surface area contributed by atoms with E-state index in [-0.39, 0.29) is 17.2 Å². The highest BCUT2D eigenvalue weighted by molar-refractivity contribution is 7.14. The molecule has 2 aromatic heterocycles. The Bertz CT molecular complexity index is 615. The number of hydrogen-bond donors (Lipinski definition) is 2. The van der Waals surface area contributed by atoms with Gasteiger partial charge in [-0.2, -0.15) is 0 Å². The predicted molar refractivity (Wildman–Crippen MR) is 69.8 cm³/mol. The number of anilines is 1. The quantitative estimate of drug-likeness (QED) is 0.898. The number of carboxylic acid groups (broad SMARTS) is 1. The van der Waals surface area contributed by atoms with E-state index in [1.54, 1.807) is 6.07 Å².